The minimum absolute atomic E-state index is 0.0800. The van der Waals surface area contributed by atoms with Crippen LogP contribution in [0.2, 0.25) is 0 Å². The van der Waals surface area contributed by atoms with Crippen molar-refractivity contribution in [3.63, 3.8) is 0 Å². The van der Waals surface area contributed by atoms with Crippen LogP contribution in [0.25, 0.3) is 0 Å². The van der Waals surface area contributed by atoms with Gasteiger partial charge in [-0.3, -0.25) is 0 Å². The second-order valence-electron chi connectivity index (χ2n) is 5.97. The second kappa shape index (κ2) is 8.19. The number of carbonyl (C=O) groups is 1. The van der Waals surface area contributed by atoms with Crippen LogP contribution < -0.4 is 20.7 Å². The molecular weight excluding hydrogens is 304 g/mol. The Balaban J connectivity index is 2.03. The molecular formula is C18H24N4O2. The molecule has 0 aliphatic rings. The van der Waals surface area contributed by atoms with E-state index in [4.69, 9.17) is 4.74 Å². The number of anilines is 3. The first kappa shape index (κ1) is 17.6. The standard InChI is InChI=1S/C18H24N4O2/c1-12(2)20-18(23)21-14-9-10-17(19-11-14)22-15-7-5-6-8-16(15)24-13(3)4/h5-13H,1-4H3,(H,19,22)(H2,20,21,23). The highest BCUT2D eigenvalue weighted by molar-refractivity contribution is 5.89. The number of hydrogen-bond acceptors (Lipinski definition) is 4. The summed E-state index contributed by atoms with van der Waals surface area (Å²) in [6.45, 7) is 7.78. The molecule has 0 bridgehead atoms. The van der Waals surface area contributed by atoms with Crippen molar-refractivity contribution < 1.29 is 9.53 Å². The number of pyridine rings is 1. The fraction of sp³-hybridized carbons (Fsp3) is 0.333. The molecule has 2 rings (SSSR count). The molecule has 24 heavy (non-hydrogen) atoms. The van der Waals surface area contributed by atoms with Crippen LogP contribution in [0.3, 0.4) is 0 Å². The van der Waals surface area contributed by atoms with E-state index in [9.17, 15) is 4.79 Å². The Hall–Kier alpha value is -2.76. The third-order valence-electron chi connectivity index (χ3n) is 2.95. The van der Waals surface area contributed by atoms with Crippen molar-refractivity contribution in [2.45, 2.75) is 39.8 Å². The number of amides is 2. The van der Waals surface area contributed by atoms with Crippen LogP contribution >= 0.6 is 0 Å². The van der Waals surface area contributed by atoms with Gasteiger partial charge in [-0.05, 0) is 52.0 Å². The van der Waals surface area contributed by atoms with Crippen LogP contribution in [-0.4, -0.2) is 23.2 Å². The van der Waals surface area contributed by atoms with Gasteiger partial charge < -0.3 is 20.7 Å². The van der Waals surface area contributed by atoms with Gasteiger partial charge in [0.05, 0.1) is 23.7 Å². The Bertz CT molecular complexity index is 669. The predicted molar refractivity (Wildman–Crippen MR) is 97.0 cm³/mol. The lowest BCUT2D eigenvalue weighted by Gasteiger charge is -2.15. The van der Waals surface area contributed by atoms with E-state index in [1.165, 1.54) is 0 Å². The van der Waals surface area contributed by atoms with E-state index in [1.807, 2.05) is 52.0 Å². The summed E-state index contributed by atoms with van der Waals surface area (Å²) in [6, 6.07) is 11.1. The largest absolute Gasteiger partial charge is 0.489 e. The lowest BCUT2D eigenvalue weighted by atomic mass is 10.3. The van der Waals surface area contributed by atoms with Crippen molar-refractivity contribution >= 4 is 23.2 Å². The van der Waals surface area contributed by atoms with Crippen LogP contribution in [0.4, 0.5) is 22.0 Å². The zero-order valence-electron chi connectivity index (χ0n) is 14.5. The Morgan fingerprint density at radius 2 is 1.83 bits per heavy atom. The molecule has 0 unspecified atom stereocenters. The molecule has 0 saturated heterocycles. The number of benzene rings is 1. The van der Waals surface area contributed by atoms with Crippen molar-refractivity contribution in [2.75, 3.05) is 10.6 Å². The Labute approximate surface area is 142 Å². The number of aromatic nitrogens is 1. The first-order valence-corrected chi connectivity index (χ1v) is 8.00. The molecule has 0 radical (unpaired) electrons. The quantitative estimate of drug-likeness (QED) is 0.745. The topological polar surface area (TPSA) is 75.3 Å². The van der Waals surface area contributed by atoms with E-state index in [0.717, 1.165) is 11.4 Å². The van der Waals surface area contributed by atoms with Gasteiger partial charge in [-0.25, -0.2) is 9.78 Å². The predicted octanol–water partition coefficient (Wildman–Crippen LogP) is 4.14. The maximum absolute atomic E-state index is 11.7. The zero-order chi connectivity index (χ0) is 17.5. The summed E-state index contributed by atoms with van der Waals surface area (Å²) in [6.07, 6.45) is 1.70. The molecule has 0 fully saturated rings. The molecule has 0 saturated carbocycles. The van der Waals surface area contributed by atoms with Crippen molar-refractivity contribution in [3.05, 3.63) is 42.6 Å². The van der Waals surface area contributed by atoms with E-state index >= 15 is 0 Å². The normalized spacial score (nSPS) is 10.6. The fourth-order valence-electron chi connectivity index (χ4n) is 2.04. The second-order valence-corrected chi connectivity index (χ2v) is 5.97. The van der Waals surface area contributed by atoms with Gasteiger partial charge in [0.15, 0.2) is 0 Å². The third-order valence-corrected chi connectivity index (χ3v) is 2.95. The Morgan fingerprint density at radius 1 is 1.08 bits per heavy atom. The lowest BCUT2D eigenvalue weighted by molar-refractivity contribution is 0.243. The molecule has 6 nitrogen and oxygen atoms in total. The van der Waals surface area contributed by atoms with Gasteiger partial charge in [-0.2, -0.15) is 0 Å². The number of para-hydroxylation sites is 2. The average Bonchev–Trinajstić information content (AvgIpc) is 2.50. The van der Waals surface area contributed by atoms with Gasteiger partial charge in [0.1, 0.15) is 11.6 Å². The fourth-order valence-corrected chi connectivity index (χ4v) is 2.04. The number of rotatable bonds is 6. The highest BCUT2D eigenvalue weighted by Gasteiger charge is 2.07. The molecule has 0 spiro atoms. The van der Waals surface area contributed by atoms with Crippen molar-refractivity contribution in [3.8, 4) is 5.75 Å². The molecule has 3 N–H and O–H groups in total. The van der Waals surface area contributed by atoms with Crippen molar-refractivity contribution in [1.82, 2.24) is 10.3 Å². The van der Waals surface area contributed by atoms with Crippen molar-refractivity contribution in [2.24, 2.45) is 0 Å². The van der Waals surface area contributed by atoms with Gasteiger partial charge >= 0.3 is 6.03 Å². The van der Waals surface area contributed by atoms with Crippen LogP contribution in [0, 0.1) is 0 Å². The molecule has 128 valence electrons. The first-order chi connectivity index (χ1) is 11.4. The molecule has 1 aromatic heterocycles. The number of ether oxygens (including phenoxy) is 1. The van der Waals surface area contributed by atoms with Gasteiger partial charge in [0.2, 0.25) is 0 Å². The summed E-state index contributed by atoms with van der Waals surface area (Å²) in [5.41, 5.74) is 1.47. The molecule has 1 aromatic carbocycles. The monoisotopic (exact) mass is 328 g/mol. The molecule has 0 atom stereocenters. The van der Waals surface area contributed by atoms with Crippen LogP contribution in [0.5, 0.6) is 5.75 Å². The lowest BCUT2D eigenvalue weighted by Crippen LogP contribution is -2.34. The summed E-state index contributed by atoms with van der Waals surface area (Å²) >= 11 is 0. The first-order valence-electron chi connectivity index (χ1n) is 8.00. The van der Waals surface area contributed by atoms with Gasteiger partial charge in [0, 0.05) is 6.04 Å². The molecule has 2 aromatic rings. The van der Waals surface area contributed by atoms with Gasteiger partial charge in [-0.1, -0.05) is 12.1 Å². The smallest absolute Gasteiger partial charge is 0.319 e. The Kier molecular flexibility index (Phi) is 6.01. The summed E-state index contributed by atoms with van der Waals surface area (Å²) in [7, 11) is 0. The minimum atomic E-state index is -0.247. The van der Waals surface area contributed by atoms with Gasteiger partial charge in [0.25, 0.3) is 0 Å². The van der Waals surface area contributed by atoms with E-state index < -0.39 is 0 Å². The zero-order valence-corrected chi connectivity index (χ0v) is 14.5. The highest BCUT2D eigenvalue weighted by atomic mass is 16.5. The number of urea groups is 1. The van der Waals surface area contributed by atoms with Gasteiger partial charge in [-0.15, -0.1) is 0 Å². The number of nitrogens with zero attached hydrogens (tertiary/aromatic N) is 1. The number of nitrogens with one attached hydrogen (secondary N) is 3. The minimum Gasteiger partial charge on any atom is -0.489 e. The van der Waals surface area contributed by atoms with E-state index in [-0.39, 0.29) is 18.2 Å². The SMILES string of the molecule is CC(C)NC(=O)Nc1ccc(Nc2ccccc2OC(C)C)nc1. The maximum atomic E-state index is 11.7. The molecule has 2 amide bonds. The highest BCUT2D eigenvalue weighted by Crippen LogP contribution is 2.27. The molecule has 0 aliphatic heterocycles. The summed E-state index contributed by atoms with van der Waals surface area (Å²) in [5.74, 6) is 1.44. The van der Waals surface area contributed by atoms with Crippen LogP contribution in [0.1, 0.15) is 27.7 Å². The Morgan fingerprint density at radius 3 is 2.46 bits per heavy atom. The summed E-state index contributed by atoms with van der Waals surface area (Å²) in [5, 5.41) is 8.72. The molecule has 1 heterocycles. The van der Waals surface area contributed by atoms with Crippen LogP contribution in [-0.2, 0) is 0 Å². The third kappa shape index (κ3) is 5.46. The maximum Gasteiger partial charge on any atom is 0.319 e. The summed E-state index contributed by atoms with van der Waals surface area (Å²) in [4.78, 5) is 16.0. The van der Waals surface area contributed by atoms with E-state index in [0.29, 0.717) is 11.5 Å². The average molecular weight is 328 g/mol. The molecule has 0 aliphatic carbocycles. The van der Waals surface area contributed by atoms with E-state index in [2.05, 4.69) is 20.9 Å². The van der Waals surface area contributed by atoms with E-state index in [1.54, 1.807) is 18.3 Å². The van der Waals surface area contributed by atoms with Crippen LogP contribution in [0.15, 0.2) is 42.6 Å². The summed E-state index contributed by atoms with van der Waals surface area (Å²) < 4.78 is 5.78. The number of hydrogen-bond donors (Lipinski definition) is 3. The van der Waals surface area contributed by atoms with Crippen molar-refractivity contribution in [1.29, 1.82) is 0 Å². The number of carbonyl (C=O) groups excluding carboxylic acids is 1. The molecule has 6 heteroatoms.